The fourth-order valence-electron chi connectivity index (χ4n) is 3.79. The zero-order valence-corrected chi connectivity index (χ0v) is 10.2. The summed E-state index contributed by atoms with van der Waals surface area (Å²) < 4.78 is 0. The molecule has 2 fully saturated rings. The first kappa shape index (κ1) is 10.8. The zero-order chi connectivity index (χ0) is 13.1. The third-order valence-electron chi connectivity index (χ3n) is 4.59. The maximum absolute atomic E-state index is 12.5. The van der Waals surface area contributed by atoms with Crippen molar-refractivity contribution < 1.29 is 14.7 Å². The summed E-state index contributed by atoms with van der Waals surface area (Å²) in [6.45, 7) is 0. The molecule has 1 heterocycles. The summed E-state index contributed by atoms with van der Waals surface area (Å²) in [5, 5.41) is 9.86. The van der Waals surface area contributed by atoms with Crippen LogP contribution in [0.3, 0.4) is 0 Å². The predicted molar refractivity (Wildman–Crippen MR) is 68.3 cm³/mol. The number of anilines is 1. The van der Waals surface area contributed by atoms with Crippen LogP contribution < -0.4 is 4.90 Å². The van der Waals surface area contributed by atoms with Gasteiger partial charge in [0.1, 0.15) is 5.75 Å². The molecule has 19 heavy (non-hydrogen) atoms. The van der Waals surface area contributed by atoms with Crippen LogP contribution in [-0.2, 0) is 9.59 Å². The van der Waals surface area contributed by atoms with Crippen molar-refractivity contribution in [2.24, 2.45) is 23.7 Å². The summed E-state index contributed by atoms with van der Waals surface area (Å²) in [5.74, 6) is -0.389. The Kier molecular flexibility index (Phi) is 1.97. The Bertz CT molecular complexity index is 592. The maximum Gasteiger partial charge on any atom is 0.238 e. The summed E-state index contributed by atoms with van der Waals surface area (Å²) in [6, 6.07) is 6.50. The molecule has 1 aromatic rings. The van der Waals surface area contributed by atoms with Gasteiger partial charge in [0.2, 0.25) is 11.8 Å². The van der Waals surface area contributed by atoms with Crippen molar-refractivity contribution in [3.8, 4) is 5.75 Å². The number of nitrogens with zero attached hydrogens (tertiary/aromatic N) is 1. The van der Waals surface area contributed by atoms with E-state index < -0.39 is 0 Å². The van der Waals surface area contributed by atoms with Crippen LogP contribution in [0.15, 0.2) is 36.4 Å². The molecule has 4 heteroatoms. The second kappa shape index (κ2) is 3.47. The first-order chi connectivity index (χ1) is 9.18. The smallest absolute Gasteiger partial charge is 0.238 e. The van der Waals surface area contributed by atoms with Gasteiger partial charge in [-0.05, 0) is 30.4 Å². The quantitative estimate of drug-likeness (QED) is 0.614. The first-order valence-corrected chi connectivity index (χ1v) is 6.52. The highest BCUT2D eigenvalue weighted by Gasteiger charge is 2.59. The van der Waals surface area contributed by atoms with E-state index in [1.807, 2.05) is 0 Å². The fourth-order valence-corrected chi connectivity index (χ4v) is 3.79. The van der Waals surface area contributed by atoms with Gasteiger partial charge in [-0.2, -0.15) is 0 Å². The number of para-hydroxylation sites is 2. The number of imide groups is 1. The van der Waals surface area contributed by atoms with Gasteiger partial charge in [0.15, 0.2) is 0 Å². The highest BCUT2D eigenvalue weighted by atomic mass is 16.3. The molecule has 4 nitrogen and oxygen atoms in total. The Morgan fingerprint density at radius 3 is 2.16 bits per heavy atom. The van der Waals surface area contributed by atoms with Crippen molar-refractivity contribution in [2.75, 3.05) is 4.90 Å². The molecule has 2 aliphatic carbocycles. The Morgan fingerprint density at radius 1 is 1.00 bits per heavy atom. The fraction of sp³-hybridized carbons (Fsp3) is 0.333. The minimum atomic E-state index is -0.220. The van der Waals surface area contributed by atoms with E-state index in [1.54, 1.807) is 18.2 Å². The standard InChI is InChI=1S/C15H13NO3/c17-11-4-2-1-3-10(11)16-14(18)12-8-5-6-9(7-8)13(12)15(16)19/h1-6,8-9,12-13,17H,7H2/t8-,9-,12+,13+/m0/s1. The number of carbonyl (C=O) groups is 2. The lowest BCUT2D eigenvalue weighted by Crippen LogP contribution is -2.32. The van der Waals surface area contributed by atoms with Crippen LogP contribution in [0.5, 0.6) is 5.75 Å². The van der Waals surface area contributed by atoms with Gasteiger partial charge in [-0.3, -0.25) is 9.59 Å². The molecular formula is C15H13NO3. The molecular weight excluding hydrogens is 242 g/mol. The van der Waals surface area contributed by atoms with E-state index in [2.05, 4.69) is 12.2 Å². The lowest BCUT2D eigenvalue weighted by atomic mass is 9.85. The second-order valence-electron chi connectivity index (χ2n) is 5.50. The molecule has 0 unspecified atom stereocenters. The summed E-state index contributed by atoms with van der Waals surface area (Å²) in [6.07, 6.45) is 5.04. The van der Waals surface area contributed by atoms with Gasteiger partial charge in [-0.25, -0.2) is 4.90 Å². The molecule has 1 N–H and O–H groups in total. The first-order valence-electron chi connectivity index (χ1n) is 6.52. The number of hydrogen-bond acceptors (Lipinski definition) is 3. The van der Waals surface area contributed by atoms with E-state index in [0.29, 0.717) is 5.69 Å². The minimum absolute atomic E-state index is 0.0236. The number of phenols is 1. The number of phenolic OH excluding ortho intramolecular Hbond substituents is 1. The van der Waals surface area contributed by atoms with Crippen molar-refractivity contribution in [1.29, 1.82) is 0 Å². The molecule has 1 aliphatic heterocycles. The Balaban J connectivity index is 1.79. The highest BCUT2D eigenvalue weighted by molar-refractivity contribution is 6.23. The molecule has 4 atom stereocenters. The molecule has 1 saturated carbocycles. The minimum Gasteiger partial charge on any atom is -0.506 e. The van der Waals surface area contributed by atoms with Crippen LogP contribution in [0.2, 0.25) is 0 Å². The van der Waals surface area contributed by atoms with Crippen LogP contribution in [-0.4, -0.2) is 16.9 Å². The molecule has 2 bridgehead atoms. The molecule has 0 radical (unpaired) electrons. The van der Waals surface area contributed by atoms with E-state index in [9.17, 15) is 14.7 Å². The number of carbonyl (C=O) groups excluding carboxylic acids is 2. The molecule has 0 aromatic heterocycles. The number of fused-ring (bicyclic) bond motifs is 5. The Labute approximate surface area is 110 Å². The predicted octanol–water partition coefficient (Wildman–Crippen LogP) is 1.70. The SMILES string of the molecule is O=C1[C@H]2[C@H](C(=O)N1c1ccccc1O)[C@H]1C=C[C@H]2C1. The van der Waals surface area contributed by atoms with Crippen molar-refractivity contribution >= 4 is 17.5 Å². The highest BCUT2D eigenvalue weighted by Crippen LogP contribution is 2.53. The number of aromatic hydroxyl groups is 1. The molecule has 4 rings (SSSR count). The lowest BCUT2D eigenvalue weighted by molar-refractivity contribution is -0.123. The number of rotatable bonds is 1. The summed E-state index contributed by atoms with van der Waals surface area (Å²) in [4.78, 5) is 26.2. The van der Waals surface area contributed by atoms with E-state index in [-0.39, 0.29) is 41.2 Å². The summed E-state index contributed by atoms with van der Waals surface area (Å²) in [5.41, 5.74) is 0.311. The Hall–Kier alpha value is -2.10. The van der Waals surface area contributed by atoms with Gasteiger partial charge in [0.25, 0.3) is 0 Å². The largest absolute Gasteiger partial charge is 0.506 e. The molecule has 0 spiro atoms. The van der Waals surface area contributed by atoms with Gasteiger partial charge in [-0.1, -0.05) is 24.3 Å². The number of amides is 2. The molecule has 96 valence electrons. The Morgan fingerprint density at radius 2 is 1.58 bits per heavy atom. The van der Waals surface area contributed by atoms with Gasteiger partial charge in [0.05, 0.1) is 17.5 Å². The monoisotopic (exact) mass is 255 g/mol. The average Bonchev–Trinajstić information content (AvgIpc) is 3.06. The van der Waals surface area contributed by atoms with Crippen LogP contribution in [0.1, 0.15) is 6.42 Å². The van der Waals surface area contributed by atoms with Crippen molar-refractivity contribution in [1.82, 2.24) is 0 Å². The van der Waals surface area contributed by atoms with Gasteiger partial charge < -0.3 is 5.11 Å². The molecule has 3 aliphatic rings. The van der Waals surface area contributed by atoms with Crippen molar-refractivity contribution in [3.63, 3.8) is 0 Å². The zero-order valence-electron chi connectivity index (χ0n) is 10.2. The van der Waals surface area contributed by atoms with Crippen molar-refractivity contribution in [3.05, 3.63) is 36.4 Å². The van der Waals surface area contributed by atoms with Crippen LogP contribution >= 0.6 is 0 Å². The van der Waals surface area contributed by atoms with Gasteiger partial charge >= 0.3 is 0 Å². The van der Waals surface area contributed by atoms with Crippen LogP contribution in [0, 0.1) is 23.7 Å². The topological polar surface area (TPSA) is 57.6 Å². The number of benzene rings is 1. The normalized spacial score (nSPS) is 35.3. The molecule has 2 amide bonds. The molecule has 1 saturated heterocycles. The van der Waals surface area contributed by atoms with Gasteiger partial charge in [-0.15, -0.1) is 0 Å². The van der Waals surface area contributed by atoms with E-state index in [4.69, 9.17) is 0 Å². The maximum atomic E-state index is 12.5. The number of allylic oxidation sites excluding steroid dienone is 2. The summed E-state index contributed by atoms with van der Waals surface area (Å²) in [7, 11) is 0. The summed E-state index contributed by atoms with van der Waals surface area (Å²) >= 11 is 0. The van der Waals surface area contributed by atoms with E-state index in [1.165, 1.54) is 11.0 Å². The average molecular weight is 255 g/mol. The third-order valence-corrected chi connectivity index (χ3v) is 4.59. The van der Waals surface area contributed by atoms with Gasteiger partial charge in [0, 0.05) is 0 Å². The third kappa shape index (κ3) is 1.23. The van der Waals surface area contributed by atoms with Crippen molar-refractivity contribution in [2.45, 2.75) is 6.42 Å². The lowest BCUT2D eigenvalue weighted by Gasteiger charge is -2.18. The van der Waals surface area contributed by atoms with E-state index in [0.717, 1.165) is 6.42 Å². The second-order valence-corrected chi connectivity index (χ2v) is 5.50. The van der Waals surface area contributed by atoms with Crippen LogP contribution in [0.25, 0.3) is 0 Å². The van der Waals surface area contributed by atoms with Crippen LogP contribution in [0.4, 0.5) is 5.69 Å². The number of hydrogen-bond donors (Lipinski definition) is 1. The molecule has 1 aromatic carbocycles. The van der Waals surface area contributed by atoms with E-state index >= 15 is 0 Å².